The third-order valence-electron chi connectivity index (χ3n) is 7.50. The first-order chi connectivity index (χ1) is 18.4. The van der Waals surface area contributed by atoms with Crippen LogP contribution in [0.15, 0.2) is 126 Å². The van der Waals surface area contributed by atoms with E-state index >= 15 is 0 Å². The lowest BCUT2D eigenvalue weighted by Crippen LogP contribution is -2.59. The summed E-state index contributed by atoms with van der Waals surface area (Å²) in [5.41, 5.74) is 12.9. The van der Waals surface area contributed by atoms with Gasteiger partial charge in [-0.15, -0.1) is 0 Å². The van der Waals surface area contributed by atoms with E-state index in [4.69, 9.17) is 4.42 Å². The molecule has 2 aliphatic heterocycles. The highest BCUT2D eigenvalue weighted by molar-refractivity contribution is 6.92. The van der Waals surface area contributed by atoms with E-state index in [0.717, 1.165) is 22.5 Å². The average Bonchev–Trinajstić information content (AvgIpc) is 3.52. The van der Waals surface area contributed by atoms with Gasteiger partial charge in [0.05, 0.1) is 11.9 Å². The number of pyridine rings is 1. The minimum atomic E-state index is 0.0474. The Morgan fingerprint density at radius 3 is 1.86 bits per heavy atom. The normalized spacial score (nSPS) is 12.8. The number of rotatable bonds is 2. The molecule has 0 bridgehead atoms. The van der Waals surface area contributed by atoms with E-state index in [1.165, 1.54) is 38.9 Å². The lowest BCUT2D eigenvalue weighted by Gasteiger charge is -2.43. The zero-order chi connectivity index (χ0) is 24.3. The van der Waals surface area contributed by atoms with Crippen LogP contribution in [0.3, 0.4) is 0 Å². The van der Waals surface area contributed by atoms with E-state index in [9.17, 15) is 0 Å². The molecule has 172 valence electrons. The molecule has 0 amide bonds. The van der Waals surface area contributed by atoms with Crippen molar-refractivity contribution in [1.29, 1.82) is 0 Å². The van der Waals surface area contributed by atoms with E-state index in [1.807, 2.05) is 18.3 Å². The minimum Gasteiger partial charge on any atom is -0.445 e. The molecule has 0 unspecified atom stereocenters. The van der Waals surface area contributed by atoms with Crippen LogP contribution in [0, 0.1) is 0 Å². The highest BCUT2D eigenvalue weighted by atomic mass is 16.3. The molecule has 4 heterocycles. The fourth-order valence-corrected chi connectivity index (χ4v) is 5.92. The summed E-state index contributed by atoms with van der Waals surface area (Å²) in [5.74, 6) is 0.623. The molecule has 2 aromatic heterocycles. The summed E-state index contributed by atoms with van der Waals surface area (Å²) in [6, 6.07) is 36.8. The molecule has 4 aromatic carbocycles. The molecule has 0 saturated heterocycles. The summed E-state index contributed by atoms with van der Waals surface area (Å²) in [6.07, 6.45) is 5.17. The predicted octanol–water partition coefficient (Wildman–Crippen LogP) is 6.31. The number of aromatic nitrogens is 2. The first-order valence-electron chi connectivity index (χ1n) is 12.4. The Labute approximate surface area is 215 Å². The second kappa shape index (κ2) is 7.80. The van der Waals surface area contributed by atoms with E-state index in [-0.39, 0.29) is 6.85 Å². The van der Waals surface area contributed by atoms with Crippen molar-refractivity contribution in [1.82, 2.24) is 9.97 Å². The SMILES string of the molecule is c1ccc(-c2ccc3c(c2)N2B(c4ccccc4-3)c3ccccc3-c3ccc(-c4ncco4)cc32)nc1. The molecule has 0 radical (unpaired) electrons. The zero-order valence-corrected chi connectivity index (χ0v) is 19.9. The number of anilines is 2. The summed E-state index contributed by atoms with van der Waals surface area (Å²) < 4.78 is 5.68. The molecule has 2 aliphatic rings. The topological polar surface area (TPSA) is 42.2 Å². The first kappa shape index (κ1) is 20.3. The Kier molecular flexibility index (Phi) is 4.28. The van der Waals surface area contributed by atoms with Crippen LogP contribution >= 0.6 is 0 Å². The number of oxazole rings is 1. The van der Waals surface area contributed by atoms with Gasteiger partial charge in [0.2, 0.25) is 5.89 Å². The van der Waals surface area contributed by atoms with Crippen molar-refractivity contribution in [2.75, 3.05) is 4.81 Å². The lowest BCUT2D eigenvalue weighted by atomic mass is 9.43. The van der Waals surface area contributed by atoms with Gasteiger partial charge in [0.15, 0.2) is 0 Å². The maximum atomic E-state index is 5.68. The van der Waals surface area contributed by atoms with Gasteiger partial charge in [-0.3, -0.25) is 4.98 Å². The van der Waals surface area contributed by atoms with E-state index in [1.54, 1.807) is 12.5 Å². The van der Waals surface area contributed by atoms with Crippen LogP contribution in [0.25, 0.3) is 45.0 Å². The highest BCUT2D eigenvalue weighted by Gasteiger charge is 2.42. The molecule has 6 aromatic rings. The zero-order valence-electron chi connectivity index (χ0n) is 19.9. The Morgan fingerprint density at radius 1 is 0.568 bits per heavy atom. The smallest absolute Gasteiger partial charge is 0.329 e. The van der Waals surface area contributed by atoms with Gasteiger partial charge >= 0.3 is 6.85 Å². The molecule has 0 aliphatic carbocycles. The second-order valence-corrected chi connectivity index (χ2v) is 9.46. The largest absolute Gasteiger partial charge is 0.445 e. The van der Waals surface area contributed by atoms with Gasteiger partial charge in [0.1, 0.15) is 6.26 Å². The third kappa shape index (κ3) is 2.98. The van der Waals surface area contributed by atoms with E-state index in [0.29, 0.717) is 5.89 Å². The van der Waals surface area contributed by atoms with Crippen LogP contribution in [0.2, 0.25) is 0 Å². The predicted molar refractivity (Wildman–Crippen MR) is 150 cm³/mol. The van der Waals surface area contributed by atoms with Crippen LogP contribution in [0.4, 0.5) is 11.4 Å². The third-order valence-corrected chi connectivity index (χ3v) is 7.50. The first-order valence-corrected chi connectivity index (χ1v) is 12.4. The monoisotopic (exact) mass is 473 g/mol. The molecule has 8 rings (SSSR count). The molecule has 4 nitrogen and oxygen atoms in total. The number of benzene rings is 4. The van der Waals surface area contributed by atoms with Crippen molar-refractivity contribution in [3.05, 3.63) is 122 Å². The van der Waals surface area contributed by atoms with Gasteiger partial charge in [-0.1, -0.05) is 72.8 Å². The maximum absolute atomic E-state index is 5.68. The van der Waals surface area contributed by atoms with Gasteiger partial charge < -0.3 is 9.23 Å². The Hall–Kier alpha value is -4.90. The Morgan fingerprint density at radius 2 is 1.22 bits per heavy atom. The summed E-state index contributed by atoms with van der Waals surface area (Å²) in [4.78, 5) is 11.6. The van der Waals surface area contributed by atoms with Crippen molar-refractivity contribution >= 4 is 29.1 Å². The number of hydrogen-bond acceptors (Lipinski definition) is 4. The van der Waals surface area contributed by atoms with E-state index in [2.05, 4.69) is 106 Å². The number of hydrogen-bond donors (Lipinski definition) is 0. The lowest BCUT2D eigenvalue weighted by molar-refractivity contribution is 0.574. The van der Waals surface area contributed by atoms with Crippen LogP contribution in [-0.2, 0) is 0 Å². The van der Waals surface area contributed by atoms with Gasteiger partial charge in [0.25, 0.3) is 0 Å². The molecule has 0 fully saturated rings. The Balaban J connectivity index is 1.45. The van der Waals surface area contributed by atoms with Crippen molar-refractivity contribution in [3.8, 4) is 45.0 Å². The fraction of sp³-hybridized carbons (Fsp3) is 0. The van der Waals surface area contributed by atoms with Gasteiger partial charge in [0, 0.05) is 39.8 Å². The molecule has 5 heteroatoms. The minimum absolute atomic E-state index is 0.0474. The van der Waals surface area contributed by atoms with Gasteiger partial charge in [-0.05, 0) is 52.4 Å². The summed E-state index contributed by atoms with van der Waals surface area (Å²) in [6.45, 7) is 0.0474. The quantitative estimate of drug-likeness (QED) is 0.277. The standard InChI is InChI=1S/C32H20BN3O/c1-3-9-27-23(7-1)25-14-12-21(29-11-5-6-16-34-29)19-30(25)36-31-20-22(32-35-17-18-37-32)13-15-26(31)24-8-2-4-10-28(24)33(27)36/h1-20H. The number of fused-ring (bicyclic) bond motifs is 11. The van der Waals surface area contributed by atoms with Crippen molar-refractivity contribution in [3.63, 3.8) is 0 Å². The fourth-order valence-electron chi connectivity index (χ4n) is 5.92. The highest BCUT2D eigenvalue weighted by Crippen LogP contribution is 2.47. The molecule has 37 heavy (non-hydrogen) atoms. The molecule has 0 atom stereocenters. The van der Waals surface area contributed by atoms with Gasteiger partial charge in [-0.25, -0.2) is 4.98 Å². The summed E-state index contributed by atoms with van der Waals surface area (Å²) >= 11 is 0. The van der Waals surface area contributed by atoms with Crippen LogP contribution in [-0.4, -0.2) is 16.8 Å². The summed E-state index contributed by atoms with van der Waals surface area (Å²) in [7, 11) is 0. The van der Waals surface area contributed by atoms with Crippen molar-refractivity contribution in [2.24, 2.45) is 0 Å². The number of nitrogens with zero attached hydrogens (tertiary/aromatic N) is 3. The second-order valence-electron chi connectivity index (χ2n) is 9.46. The van der Waals surface area contributed by atoms with Crippen LogP contribution in [0.1, 0.15) is 0 Å². The molecule has 0 N–H and O–H groups in total. The van der Waals surface area contributed by atoms with Crippen LogP contribution in [0.5, 0.6) is 0 Å². The average molecular weight is 473 g/mol. The maximum Gasteiger partial charge on any atom is 0.329 e. The molecular weight excluding hydrogens is 453 g/mol. The van der Waals surface area contributed by atoms with Gasteiger partial charge in [-0.2, -0.15) is 0 Å². The van der Waals surface area contributed by atoms with Crippen LogP contribution < -0.4 is 15.7 Å². The Bertz CT molecular complexity index is 1800. The molecule has 0 spiro atoms. The molecule has 0 saturated carbocycles. The molecular formula is C32H20BN3O. The van der Waals surface area contributed by atoms with E-state index < -0.39 is 0 Å². The summed E-state index contributed by atoms with van der Waals surface area (Å²) in [5, 5.41) is 0. The van der Waals surface area contributed by atoms with Crippen molar-refractivity contribution < 1.29 is 4.42 Å². The van der Waals surface area contributed by atoms with Crippen molar-refractivity contribution in [2.45, 2.75) is 0 Å².